The lowest BCUT2D eigenvalue weighted by atomic mass is 10.2. The normalized spacial score (nSPS) is 10.4. The Bertz CT molecular complexity index is 834. The van der Waals surface area contributed by atoms with Gasteiger partial charge < -0.3 is 19.5 Å². The molecule has 0 saturated heterocycles. The quantitative estimate of drug-likeness (QED) is 0.772. The van der Waals surface area contributed by atoms with E-state index in [0.717, 1.165) is 28.2 Å². The van der Waals surface area contributed by atoms with E-state index >= 15 is 0 Å². The van der Waals surface area contributed by atoms with Crippen LogP contribution in [-0.4, -0.2) is 26.3 Å². The van der Waals surface area contributed by atoms with Gasteiger partial charge in [-0.1, -0.05) is 0 Å². The maximum Gasteiger partial charge on any atom is 0.162 e. The van der Waals surface area contributed by atoms with Gasteiger partial charge in [-0.2, -0.15) is 0 Å². The average molecular weight is 310 g/mol. The topological polar surface area (TPSA) is 52.6 Å². The summed E-state index contributed by atoms with van der Waals surface area (Å²) >= 11 is 0. The van der Waals surface area contributed by atoms with E-state index in [9.17, 15) is 0 Å². The van der Waals surface area contributed by atoms with E-state index in [-0.39, 0.29) is 0 Å². The standard InChI is InChI=1S/C18H18N2O3/c1-21-14-6-7-15-12(10-14)4-9-18(20-15)19-13-5-8-16(22-2)17(11-13)23-3/h4-11H,1-3H3,(H,19,20). The molecule has 0 saturated carbocycles. The highest BCUT2D eigenvalue weighted by Gasteiger charge is 2.06. The first-order chi connectivity index (χ1) is 11.2. The summed E-state index contributed by atoms with van der Waals surface area (Å²) in [5.41, 5.74) is 1.78. The lowest BCUT2D eigenvalue weighted by Gasteiger charge is -2.11. The van der Waals surface area contributed by atoms with Gasteiger partial charge in [-0.15, -0.1) is 0 Å². The summed E-state index contributed by atoms with van der Waals surface area (Å²) in [5, 5.41) is 4.30. The van der Waals surface area contributed by atoms with Gasteiger partial charge in [-0.05, 0) is 42.5 Å². The van der Waals surface area contributed by atoms with Crippen molar-refractivity contribution < 1.29 is 14.2 Å². The molecule has 0 unspecified atom stereocenters. The molecule has 0 aliphatic rings. The van der Waals surface area contributed by atoms with Gasteiger partial charge in [0.15, 0.2) is 11.5 Å². The molecule has 0 aliphatic carbocycles. The zero-order valence-electron chi connectivity index (χ0n) is 13.3. The predicted octanol–water partition coefficient (Wildman–Crippen LogP) is 4.00. The largest absolute Gasteiger partial charge is 0.497 e. The van der Waals surface area contributed by atoms with Crippen LogP contribution in [0, 0.1) is 0 Å². The summed E-state index contributed by atoms with van der Waals surface area (Å²) in [4.78, 5) is 4.61. The summed E-state index contributed by atoms with van der Waals surface area (Å²) in [6.07, 6.45) is 0. The van der Waals surface area contributed by atoms with Crippen molar-refractivity contribution in [3.63, 3.8) is 0 Å². The Kier molecular flexibility index (Phi) is 4.19. The Morgan fingerprint density at radius 3 is 2.35 bits per heavy atom. The van der Waals surface area contributed by atoms with Gasteiger partial charge >= 0.3 is 0 Å². The van der Waals surface area contributed by atoms with E-state index in [4.69, 9.17) is 14.2 Å². The van der Waals surface area contributed by atoms with Crippen molar-refractivity contribution in [3.05, 3.63) is 48.5 Å². The van der Waals surface area contributed by atoms with Crippen LogP contribution in [0.5, 0.6) is 17.2 Å². The average Bonchev–Trinajstić information content (AvgIpc) is 2.61. The molecule has 0 aliphatic heterocycles. The third-order valence-electron chi connectivity index (χ3n) is 3.55. The van der Waals surface area contributed by atoms with Gasteiger partial charge in [0, 0.05) is 17.1 Å². The fourth-order valence-electron chi connectivity index (χ4n) is 2.36. The minimum Gasteiger partial charge on any atom is -0.497 e. The van der Waals surface area contributed by atoms with Gasteiger partial charge in [0.05, 0.1) is 26.8 Å². The van der Waals surface area contributed by atoms with Gasteiger partial charge in [0.1, 0.15) is 11.6 Å². The maximum absolute atomic E-state index is 5.31. The van der Waals surface area contributed by atoms with Crippen molar-refractivity contribution in [2.45, 2.75) is 0 Å². The third kappa shape index (κ3) is 3.13. The van der Waals surface area contributed by atoms with Crippen molar-refractivity contribution in [1.82, 2.24) is 4.98 Å². The first-order valence-electron chi connectivity index (χ1n) is 7.17. The molecule has 118 valence electrons. The molecule has 5 heteroatoms. The van der Waals surface area contributed by atoms with E-state index in [0.29, 0.717) is 11.5 Å². The molecule has 1 aromatic heterocycles. The fraction of sp³-hybridized carbons (Fsp3) is 0.167. The lowest BCUT2D eigenvalue weighted by molar-refractivity contribution is 0.355. The van der Waals surface area contributed by atoms with Crippen LogP contribution in [0.4, 0.5) is 11.5 Å². The number of fused-ring (bicyclic) bond motifs is 1. The van der Waals surface area contributed by atoms with Crippen LogP contribution < -0.4 is 19.5 Å². The Morgan fingerprint density at radius 1 is 0.783 bits per heavy atom. The van der Waals surface area contributed by atoms with Crippen LogP contribution in [0.3, 0.4) is 0 Å². The van der Waals surface area contributed by atoms with Crippen LogP contribution in [0.15, 0.2) is 48.5 Å². The van der Waals surface area contributed by atoms with Crippen LogP contribution in [0.25, 0.3) is 10.9 Å². The smallest absolute Gasteiger partial charge is 0.162 e. The molecule has 23 heavy (non-hydrogen) atoms. The summed E-state index contributed by atoms with van der Waals surface area (Å²) in [6.45, 7) is 0. The van der Waals surface area contributed by atoms with Crippen LogP contribution >= 0.6 is 0 Å². The van der Waals surface area contributed by atoms with E-state index in [1.54, 1.807) is 21.3 Å². The van der Waals surface area contributed by atoms with Crippen LogP contribution in [0.2, 0.25) is 0 Å². The Labute approximate surface area is 134 Å². The predicted molar refractivity (Wildman–Crippen MR) is 91.1 cm³/mol. The molecule has 0 fully saturated rings. The van der Waals surface area contributed by atoms with E-state index in [1.165, 1.54) is 0 Å². The van der Waals surface area contributed by atoms with Crippen molar-refractivity contribution in [3.8, 4) is 17.2 Å². The first kappa shape index (κ1) is 15.0. The monoisotopic (exact) mass is 310 g/mol. The minimum absolute atomic E-state index is 0.669. The Hall–Kier alpha value is -2.95. The van der Waals surface area contributed by atoms with Gasteiger partial charge in [-0.25, -0.2) is 4.98 Å². The highest BCUT2D eigenvalue weighted by Crippen LogP contribution is 2.31. The SMILES string of the molecule is COc1ccc2nc(Nc3ccc(OC)c(OC)c3)ccc2c1. The second-order valence-corrected chi connectivity index (χ2v) is 4.95. The molecular weight excluding hydrogens is 292 g/mol. The number of benzene rings is 2. The van der Waals surface area contributed by atoms with Crippen molar-refractivity contribution in [2.75, 3.05) is 26.6 Å². The summed E-state index contributed by atoms with van der Waals surface area (Å²) in [7, 11) is 4.88. The maximum atomic E-state index is 5.31. The molecule has 1 heterocycles. The van der Waals surface area contributed by atoms with E-state index < -0.39 is 0 Å². The van der Waals surface area contributed by atoms with E-state index in [2.05, 4.69) is 10.3 Å². The lowest BCUT2D eigenvalue weighted by Crippen LogP contribution is -1.96. The molecular formula is C18H18N2O3. The zero-order chi connectivity index (χ0) is 16.2. The van der Waals surface area contributed by atoms with E-state index in [1.807, 2.05) is 48.5 Å². The summed E-state index contributed by atoms with van der Waals surface area (Å²) < 4.78 is 15.8. The van der Waals surface area contributed by atoms with Crippen molar-refractivity contribution >= 4 is 22.4 Å². The number of anilines is 2. The molecule has 0 atom stereocenters. The Balaban J connectivity index is 1.89. The second-order valence-electron chi connectivity index (χ2n) is 4.95. The molecule has 3 rings (SSSR count). The number of hydrogen-bond acceptors (Lipinski definition) is 5. The molecule has 0 bridgehead atoms. The minimum atomic E-state index is 0.669. The summed E-state index contributed by atoms with van der Waals surface area (Å²) in [5.74, 6) is 2.94. The number of ether oxygens (including phenoxy) is 3. The number of hydrogen-bond donors (Lipinski definition) is 1. The van der Waals surface area contributed by atoms with Gasteiger partial charge in [0.25, 0.3) is 0 Å². The molecule has 5 nitrogen and oxygen atoms in total. The first-order valence-corrected chi connectivity index (χ1v) is 7.17. The second kappa shape index (κ2) is 6.44. The molecule has 0 radical (unpaired) electrons. The fourth-order valence-corrected chi connectivity index (χ4v) is 2.36. The number of pyridine rings is 1. The van der Waals surface area contributed by atoms with Crippen LogP contribution in [-0.2, 0) is 0 Å². The number of rotatable bonds is 5. The van der Waals surface area contributed by atoms with Crippen molar-refractivity contribution in [2.24, 2.45) is 0 Å². The van der Waals surface area contributed by atoms with Gasteiger partial charge in [0.2, 0.25) is 0 Å². The number of methoxy groups -OCH3 is 3. The summed E-state index contributed by atoms with van der Waals surface area (Å²) in [6, 6.07) is 15.4. The molecule has 0 amide bonds. The highest BCUT2D eigenvalue weighted by atomic mass is 16.5. The zero-order valence-corrected chi connectivity index (χ0v) is 13.3. The molecule has 3 aromatic rings. The molecule has 0 spiro atoms. The third-order valence-corrected chi connectivity index (χ3v) is 3.55. The molecule has 1 N–H and O–H groups in total. The van der Waals surface area contributed by atoms with Gasteiger partial charge in [-0.3, -0.25) is 0 Å². The van der Waals surface area contributed by atoms with Crippen LogP contribution in [0.1, 0.15) is 0 Å². The van der Waals surface area contributed by atoms with Crippen molar-refractivity contribution in [1.29, 1.82) is 0 Å². The molecule has 2 aromatic carbocycles. The number of nitrogens with one attached hydrogen (secondary N) is 1. The Morgan fingerprint density at radius 2 is 1.61 bits per heavy atom. The highest BCUT2D eigenvalue weighted by molar-refractivity contribution is 5.82. The number of aromatic nitrogens is 1. The number of nitrogens with zero attached hydrogens (tertiary/aromatic N) is 1.